The van der Waals surface area contributed by atoms with Gasteiger partial charge in [-0.25, -0.2) is 4.98 Å². The molecule has 0 bridgehead atoms. The molecule has 1 amide bonds. The molecule has 3 rings (SSSR count). The van der Waals surface area contributed by atoms with Crippen molar-refractivity contribution in [1.82, 2.24) is 9.88 Å². The molecule has 0 aliphatic carbocycles. The number of benzene rings is 2. The molecule has 27 heavy (non-hydrogen) atoms. The molecular formula is C20H18Cl2N2O2S. The average molecular weight is 421 g/mol. The van der Waals surface area contributed by atoms with Crippen LogP contribution in [0.3, 0.4) is 0 Å². The van der Waals surface area contributed by atoms with Gasteiger partial charge in [-0.15, -0.1) is 11.3 Å². The number of halogens is 2. The number of nitrogens with zero attached hydrogens (tertiary/aromatic N) is 2. The van der Waals surface area contributed by atoms with Crippen molar-refractivity contribution >= 4 is 40.4 Å². The SMILES string of the molecule is CN(CCOc1ccc(Cl)cc1)C(=O)Cc1csc(-c2cccc(Cl)c2)n1. The van der Waals surface area contributed by atoms with Gasteiger partial charge in [-0.3, -0.25) is 4.79 Å². The standard InChI is InChI=1S/C20H18Cl2N2O2S/c1-24(9-10-26-18-7-5-15(21)6-8-18)19(25)12-17-13-27-20(23-17)14-3-2-4-16(22)11-14/h2-8,11,13H,9-10,12H2,1H3. The summed E-state index contributed by atoms with van der Waals surface area (Å²) in [5.74, 6) is 0.726. The summed E-state index contributed by atoms with van der Waals surface area (Å²) in [6.45, 7) is 0.904. The number of amides is 1. The smallest absolute Gasteiger partial charge is 0.228 e. The third-order valence-corrected chi connectivity index (χ3v) is 5.32. The number of thiazole rings is 1. The quantitative estimate of drug-likeness (QED) is 0.527. The van der Waals surface area contributed by atoms with Gasteiger partial charge in [0, 0.05) is 28.0 Å². The fourth-order valence-corrected chi connectivity index (χ4v) is 3.52. The van der Waals surface area contributed by atoms with Crippen molar-refractivity contribution in [1.29, 1.82) is 0 Å². The summed E-state index contributed by atoms with van der Waals surface area (Å²) in [7, 11) is 1.76. The molecule has 0 N–H and O–H groups in total. The van der Waals surface area contributed by atoms with E-state index in [1.54, 1.807) is 36.2 Å². The molecule has 2 aromatic carbocycles. The Kier molecular flexibility index (Phi) is 6.72. The van der Waals surface area contributed by atoms with Crippen molar-refractivity contribution in [2.75, 3.05) is 20.2 Å². The number of likely N-dealkylation sites (N-methyl/N-ethyl adjacent to an activating group) is 1. The Bertz CT molecular complexity index is 912. The molecule has 0 fully saturated rings. The highest BCUT2D eigenvalue weighted by Gasteiger charge is 2.13. The van der Waals surface area contributed by atoms with E-state index >= 15 is 0 Å². The number of ether oxygens (including phenoxy) is 1. The monoisotopic (exact) mass is 420 g/mol. The van der Waals surface area contributed by atoms with Crippen molar-refractivity contribution in [2.24, 2.45) is 0 Å². The van der Waals surface area contributed by atoms with Gasteiger partial charge in [0.1, 0.15) is 17.4 Å². The Balaban J connectivity index is 1.50. The lowest BCUT2D eigenvalue weighted by atomic mass is 10.2. The van der Waals surface area contributed by atoms with Crippen molar-refractivity contribution in [3.8, 4) is 16.3 Å². The lowest BCUT2D eigenvalue weighted by Gasteiger charge is -2.17. The molecule has 140 valence electrons. The van der Waals surface area contributed by atoms with Gasteiger partial charge in [-0.1, -0.05) is 35.3 Å². The van der Waals surface area contributed by atoms with Crippen LogP contribution in [-0.2, 0) is 11.2 Å². The molecule has 0 aliphatic rings. The van der Waals surface area contributed by atoms with E-state index in [1.807, 2.05) is 29.6 Å². The van der Waals surface area contributed by atoms with Crippen LogP contribution in [0.25, 0.3) is 10.6 Å². The van der Waals surface area contributed by atoms with Gasteiger partial charge in [-0.05, 0) is 36.4 Å². The predicted molar refractivity (Wildman–Crippen MR) is 111 cm³/mol. The van der Waals surface area contributed by atoms with Gasteiger partial charge < -0.3 is 9.64 Å². The molecule has 3 aromatic rings. The molecule has 1 heterocycles. The first-order valence-corrected chi connectivity index (χ1v) is 9.97. The van der Waals surface area contributed by atoms with Crippen LogP contribution >= 0.6 is 34.5 Å². The minimum atomic E-state index is -0.00218. The van der Waals surface area contributed by atoms with Gasteiger partial charge in [0.05, 0.1) is 18.7 Å². The zero-order valence-corrected chi connectivity index (χ0v) is 17.0. The van der Waals surface area contributed by atoms with Crippen LogP contribution in [-0.4, -0.2) is 36.0 Å². The minimum Gasteiger partial charge on any atom is -0.492 e. The molecule has 0 unspecified atom stereocenters. The van der Waals surface area contributed by atoms with Crippen LogP contribution in [0.4, 0.5) is 0 Å². The van der Waals surface area contributed by atoms with Crippen molar-refractivity contribution in [2.45, 2.75) is 6.42 Å². The Morgan fingerprint density at radius 2 is 1.93 bits per heavy atom. The fourth-order valence-electron chi connectivity index (χ4n) is 2.39. The number of aromatic nitrogens is 1. The number of carbonyl (C=O) groups excluding carboxylic acids is 1. The van der Waals surface area contributed by atoms with Crippen LogP contribution in [0.5, 0.6) is 5.75 Å². The van der Waals surface area contributed by atoms with Gasteiger partial charge in [0.25, 0.3) is 0 Å². The van der Waals surface area contributed by atoms with E-state index in [9.17, 15) is 4.79 Å². The van der Waals surface area contributed by atoms with Crippen LogP contribution in [0.2, 0.25) is 10.0 Å². The third kappa shape index (κ3) is 5.70. The van der Waals surface area contributed by atoms with Crippen LogP contribution in [0.1, 0.15) is 5.69 Å². The Morgan fingerprint density at radius 1 is 1.15 bits per heavy atom. The summed E-state index contributed by atoms with van der Waals surface area (Å²) >= 11 is 13.4. The second kappa shape index (κ2) is 9.22. The van der Waals surface area contributed by atoms with Crippen LogP contribution in [0, 0.1) is 0 Å². The molecule has 4 nitrogen and oxygen atoms in total. The summed E-state index contributed by atoms with van der Waals surface area (Å²) in [5.41, 5.74) is 1.71. The maximum absolute atomic E-state index is 12.4. The molecule has 0 atom stereocenters. The topological polar surface area (TPSA) is 42.4 Å². The van der Waals surface area contributed by atoms with E-state index in [4.69, 9.17) is 27.9 Å². The molecule has 0 saturated carbocycles. The van der Waals surface area contributed by atoms with Crippen molar-refractivity contribution in [3.63, 3.8) is 0 Å². The lowest BCUT2D eigenvalue weighted by molar-refractivity contribution is -0.129. The van der Waals surface area contributed by atoms with Crippen molar-refractivity contribution < 1.29 is 9.53 Å². The normalized spacial score (nSPS) is 10.6. The van der Waals surface area contributed by atoms with Crippen LogP contribution in [0.15, 0.2) is 53.9 Å². The highest BCUT2D eigenvalue weighted by molar-refractivity contribution is 7.13. The highest BCUT2D eigenvalue weighted by atomic mass is 35.5. The molecule has 1 aromatic heterocycles. The fraction of sp³-hybridized carbons (Fsp3) is 0.200. The Hall–Kier alpha value is -2.08. The predicted octanol–water partition coefficient (Wildman–Crippen LogP) is 5.20. The highest BCUT2D eigenvalue weighted by Crippen LogP contribution is 2.26. The summed E-state index contributed by atoms with van der Waals surface area (Å²) < 4.78 is 5.63. The largest absolute Gasteiger partial charge is 0.492 e. The second-order valence-corrected chi connectivity index (χ2v) is 7.68. The molecular weight excluding hydrogens is 403 g/mol. The van der Waals surface area contributed by atoms with E-state index in [2.05, 4.69) is 4.98 Å². The summed E-state index contributed by atoms with van der Waals surface area (Å²) in [6.07, 6.45) is 0.258. The zero-order chi connectivity index (χ0) is 19.2. The van der Waals surface area contributed by atoms with Gasteiger partial charge in [0.2, 0.25) is 5.91 Å². The molecule has 0 saturated heterocycles. The summed E-state index contributed by atoms with van der Waals surface area (Å²) in [4.78, 5) is 18.6. The van der Waals surface area contributed by atoms with Crippen molar-refractivity contribution in [3.05, 3.63) is 69.7 Å². The molecule has 0 spiro atoms. The molecule has 7 heteroatoms. The lowest BCUT2D eigenvalue weighted by Crippen LogP contribution is -2.32. The Morgan fingerprint density at radius 3 is 2.67 bits per heavy atom. The second-order valence-electron chi connectivity index (χ2n) is 5.95. The molecule has 0 aliphatic heterocycles. The first-order valence-electron chi connectivity index (χ1n) is 8.34. The van der Waals surface area contributed by atoms with E-state index < -0.39 is 0 Å². The average Bonchev–Trinajstić information content (AvgIpc) is 3.12. The first-order chi connectivity index (χ1) is 13.0. The maximum Gasteiger partial charge on any atom is 0.228 e. The van der Waals surface area contributed by atoms with E-state index in [-0.39, 0.29) is 12.3 Å². The number of hydrogen-bond acceptors (Lipinski definition) is 4. The number of hydrogen-bond donors (Lipinski definition) is 0. The summed E-state index contributed by atoms with van der Waals surface area (Å²) in [5, 5.41) is 4.09. The molecule has 0 radical (unpaired) electrons. The van der Waals surface area contributed by atoms with Gasteiger partial charge in [-0.2, -0.15) is 0 Å². The Labute approximate surface area is 172 Å². The minimum absolute atomic E-state index is 0.00218. The maximum atomic E-state index is 12.4. The first kappa shape index (κ1) is 19.7. The van der Waals surface area contributed by atoms with Gasteiger partial charge in [0.15, 0.2) is 0 Å². The van der Waals surface area contributed by atoms with Gasteiger partial charge >= 0.3 is 0 Å². The number of rotatable bonds is 7. The van der Waals surface area contributed by atoms with E-state index in [1.165, 1.54) is 11.3 Å². The van der Waals surface area contributed by atoms with E-state index in [0.717, 1.165) is 22.0 Å². The van der Waals surface area contributed by atoms with Crippen LogP contribution < -0.4 is 4.74 Å². The third-order valence-electron chi connectivity index (χ3n) is 3.89. The summed E-state index contributed by atoms with van der Waals surface area (Å²) in [6, 6.07) is 14.7. The van der Waals surface area contributed by atoms with E-state index in [0.29, 0.717) is 23.2 Å². The number of carbonyl (C=O) groups is 1. The zero-order valence-electron chi connectivity index (χ0n) is 14.7.